The molecule has 2 rings (SSSR count). The van der Waals surface area contributed by atoms with Gasteiger partial charge in [-0.1, -0.05) is 0 Å². The average Bonchev–Trinajstić information content (AvgIpc) is 2.85. The van der Waals surface area contributed by atoms with E-state index in [2.05, 4.69) is 25.0 Å². The van der Waals surface area contributed by atoms with E-state index in [-0.39, 0.29) is 5.97 Å². The minimum atomic E-state index is -0.376. The molecule has 0 aliphatic rings. The number of hydrogen-bond acceptors (Lipinski definition) is 5. The van der Waals surface area contributed by atoms with E-state index in [0.29, 0.717) is 12.2 Å². The number of esters is 1. The summed E-state index contributed by atoms with van der Waals surface area (Å²) in [6, 6.07) is 3.51. The summed E-state index contributed by atoms with van der Waals surface area (Å²) in [6.07, 6.45) is 4.82. The molecule has 17 heavy (non-hydrogen) atoms. The van der Waals surface area contributed by atoms with Gasteiger partial charge in [-0.15, -0.1) is 0 Å². The largest absolute Gasteiger partial charge is 0.464 e. The van der Waals surface area contributed by atoms with Gasteiger partial charge in [-0.2, -0.15) is 0 Å². The van der Waals surface area contributed by atoms with E-state index in [1.165, 1.54) is 13.4 Å². The van der Waals surface area contributed by atoms with Crippen molar-refractivity contribution in [3.05, 3.63) is 42.2 Å². The van der Waals surface area contributed by atoms with Crippen LogP contribution in [0.25, 0.3) is 0 Å². The van der Waals surface area contributed by atoms with E-state index in [1.807, 2.05) is 6.07 Å². The van der Waals surface area contributed by atoms with Crippen LogP contribution in [0.5, 0.6) is 0 Å². The van der Waals surface area contributed by atoms with Gasteiger partial charge in [0.2, 0.25) is 0 Å². The van der Waals surface area contributed by atoms with Gasteiger partial charge >= 0.3 is 5.97 Å². The first-order valence-corrected chi connectivity index (χ1v) is 5.04. The maximum Gasteiger partial charge on any atom is 0.354 e. The van der Waals surface area contributed by atoms with Crippen molar-refractivity contribution >= 4 is 11.7 Å². The van der Waals surface area contributed by atoms with Crippen LogP contribution in [0.2, 0.25) is 0 Å². The average molecular weight is 232 g/mol. The molecule has 2 N–H and O–H groups in total. The van der Waals surface area contributed by atoms with Crippen molar-refractivity contribution < 1.29 is 9.53 Å². The van der Waals surface area contributed by atoms with Gasteiger partial charge in [-0.05, 0) is 12.1 Å². The number of carbonyl (C=O) groups excluding carboxylic acids is 1. The summed E-state index contributed by atoms with van der Waals surface area (Å²) in [5.41, 5.74) is 2.14. The Bertz CT molecular complexity index is 495. The highest BCUT2D eigenvalue weighted by atomic mass is 16.5. The van der Waals surface area contributed by atoms with Gasteiger partial charge in [-0.3, -0.25) is 0 Å². The lowest BCUT2D eigenvalue weighted by Gasteiger charge is -2.03. The molecule has 0 aliphatic heterocycles. The van der Waals surface area contributed by atoms with Crippen molar-refractivity contribution in [1.29, 1.82) is 0 Å². The zero-order valence-corrected chi connectivity index (χ0v) is 9.30. The first kappa shape index (κ1) is 11.1. The zero-order chi connectivity index (χ0) is 12.1. The Morgan fingerprint density at radius 2 is 2.18 bits per heavy atom. The van der Waals surface area contributed by atoms with Gasteiger partial charge in [0.15, 0.2) is 0 Å². The number of ether oxygens (including phenoxy) is 1. The van der Waals surface area contributed by atoms with Gasteiger partial charge in [0, 0.05) is 5.69 Å². The molecule has 0 aromatic carbocycles. The minimum Gasteiger partial charge on any atom is -0.464 e. The topological polar surface area (TPSA) is 79.9 Å². The van der Waals surface area contributed by atoms with Crippen LogP contribution in [0, 0.1) is 0 Å². The molecule has 0 amide bonds. The van der Waals surface area contributed by atoms with Crippen LogP contribution < -0.4 is 5.32 Å². The quantitative estimate of drug-likeness (QED) is 0.774. The number of methoxy groups -OCH3 is 1. The molecule has 0 atom stereocenters. The summed E-state index contributed by atoms with van der Waals surface area (Å²) in [5, 5.41) is 3.12. The van der Waals surface area contributed by atoms with E-state index in [4.69, 9.17) is 0 Å². The third-order valence-electron chi connectivity index (χ3n) is 2.20. The van der Waals surface area contributed by atoms with Crippen molar-refractivity contribution in [3.63, 3.8) is 0 Å². The van der Waals surface area contributed by atoms with Crippen LogP contribution in [0.15, 0.2) is 30.9 Å². The number of anilines is 1. The Morgan fingerprint density at radius 3 is 2.88 bits per heavy atom. The number of nitrogens with one attached hydrogen (secondary N) is 2. The molecular weight excluding hydrogens is 220 g/mol. The highest BCUT2D eigenvalue weighted by Gasteiger charge is 2.07. The summed E-state index contributed by atoms with van der Waals surface area (Å²) < 4.78 is 4.60. The van der Waals surface area contributed by atoms with Gasteiger partial charge in [0.25, 0.3) is 0 Å². The van der Waals surface area contributed by atoms with Gasteiger partial charge in [-0.25, -0.2) is 14.8 Å². The zero-order valence-electron chi connectivity index (χ0n) is 9.30. The fraction of sp³-hybridized carbons (Fsp3) is 0.182. The smallest absolute Gasteiger partial charge is 0.354 e. The highest BCUT2D eigenvalue weighted by molar-refractivity contribution is 5.87. The number of carbonyl (C=O) groups is 1. The molecule has 0 saturated carbocycles. The molecular formula is C11H12N4O2. The molecule has 88 valence electrons. The van der Waals surface area contributed by atoms with Crippen LogP contribution in [-0.4, -0.2) is 28.0 Å². The maximum absolute atomic E-state index is 11.2. The highest BCUT2D eigenvalue weighted by Crippen LogP contribution is 2.07. The Kier molecular flexibility index (Phi) is 3.34. The van der Waals surface area contributed by atoms with E-state index in [9.17, 15) is 4.79 Å². The number of aromatic amines is 1. The molecule has 0 unspecified atom stereocenters. The van der Waals surface area contributed by atoms with Gasteiger partial charge in [0.05, 0.1) is 31.7 Å². The summed E-state index contributed by atoms with van der Waals surface area (Å²) in [4.78, 5) is 21.9. The lowest BCUT2D eigenvalue weighted by molar-refractivity contribution is 0.0594. The SMILES string of the molecule is COC(=O)c1ccc(CNc2cncnc2)[nH]1. The van der Waals surface area contributed by atoms with Crippen molar-refractivity contribution in [3.8, 4) is 0 Å². The second kappa shape index (κ2) is 5.11. The Morgan fingerprint density at radius 1 is 1.41 bits per heavy atom. The van der Waals surface area contributed by atoms with Crippen molar-refractivity contribution in [2.45, 2.75) is 6.54 Å². The van der Waals surface area contributed by atoms with E-state index < -0.39 is 0 Å². The van der Waals surface area contributed by atoms with Crippen LogP contribution in [0.4, 0.5) is 5.69 Å². The van der Waals surface area contributed by atoms with E-state index in [1.54, 1.807) is 18.5 Å². The standard InChI is InChI=1S/C11H12N4O2/c1-17-11(16)10-3-2-8(15-10)6-14-9-4-12-7-13-5-9/h2-5,7,14-15H,6H2,1H3. The normalized spacial score (nSPS) is 9.94. The van der Waals surface area contributed by atoms with Crippen molar-refractivity contribution in [2.24, 2.45) is 0 Å². The predicted octanol–water partition coefficient (Wildman–Crippen LogP) is 1.20. The second-order valence-electron chi connectivity index (χ2n) is 3.37. The fourth-order valence-corrected chi connectivity index (χ4v) is 1.36. The first-order chi connectivity index (χ1) is 8.29. The number of aromatic nitrogens is 3. The second-order valence-corrected chi connectivity index (χ2v) is 3.37. The maximum atomic E-state index is 11.2. The van der Waals surface area contributed by atoms with Crippen LogP contribution in [0.1, 0.15) is 16.2 Å². The number of H-pyrrole nitrogens is 1. The molecule has 6 heteroatoms. The third-order valence-corrected chi connectivity index (χ3v) is 2.20. The molecule has 0 bridgehead atoms. The Labute approximate surface area is 98.1 Å². The molecule has 0 radical (unpaired) electrons. The summed E-state index contributed by atoms with van der Waals surface area (Å²) >= 11 is 0. The van der Waals surface area contributed by atoms with E-state index in [0.717, 1.165) is 11.4 Å². The molecule has 0 aliphatic carbocycles. The van der Waals surface area contributed by atoms with E-state index >= 15 is 0 Å². The Balaban J connectivity index is 1.96. The molecule has 0 saturated heterocycles. The molecule has 0 fully saturated rings. The van der Waals surface area contributed by atoms with Gasteiger partial charge in [0.1, 0.15) is 12.0 Å². The number of hydrogen-bond donors (Lipinski definition) is 2. The summed E-state index contributed by atoms with van der Waals surface area (Å²) in [7, 11) is 1.35. The first-order valence-electron chi connectivity index (χ1n) is 5.04. The predicted molar refractivity (Wildman–Crippen MR) is 61.5 cm³/mol. The van der Waals surface area contributed by atoms with Crippen molar-refractivity contribution in [1.82, 2.24) is 15.0 Å². The molecule has 6 nitrogen and oxygen atoms in total. The fourth-order valence-electron chi connectivity index (χ4n) is 1.36. The molecule has 2 aromatic heterocycles. The number of rotatable bonds is 4. The molecule has 0 spiro atoms. The van der Waals surface area contributed by atoms with Crippen LogP contribution in [-0.2, 0) is 11.3 Å². The molecule has 2 heterocycles. The monoisotopic (exact) mass is 232 g/mol. The lowest BCUT2D eigenvalue weighted by atomic mass is 10.4. The van der Waals surface area contributed by atoms with Crippen LogP contribution >= 0.6 is 0 Å². The number of nitrogens with zero attached hydrogens (tertiary/aromatic N) is 2. The van der Waals surface area contributed by atoms with Gasteiger partial charge < -0.3 is 15.0 Å². The minimum absolute atomic E-state index is 0.376. The summed E-state index contributed by atoms with van der Waals surface area (Å²) in [6.45, 7) is 0.560. The Hall–Kier alpha value is -2.37. The third kappa shape index (κ3) is 2.81. The summed E-state index contributed by atoms with van der Waals surface area (Å²) in [5.74, 6) is -0.376. The lowest BCUT2D eigenvalue weighted by Crippen LogP contribution is -2.04. The van der Waals surface area contributed by atoms with Crippen molar-refractivity contribution in [2.75, 3.05) is 12.4 Å². The van der Waals surface area contributed by atoms with Crippen LogP contribution in [0.3, 0.4) is 0 Å². The molecule has 2 aromatic rings.